The van der Waals surface area contributed by atoms with E-state index in [0.717, 1.165) is 70.3 Å². The number of hydrogen-bond donors (Lipinski definition) is 0. The van der Waals surface area contributed by atoms with E-state index in [1.165, 1.54) is 87.1 Å². The summed E-state index contributed by atoms with van der Waals surface area (Å²) in [5.74, 6) is 9.57. The summed E-state index contributed by atoms with van der Waals surface area (Å²) in [4.78, 5) is 19.6. The second kappa shape index (κ2) is 11.4. The van der Waals surface area contributed by atoms with Crippen LogP contribution in [-0.4, -0.2) is 31.3 Å². The minimum atomic E-state index is -0.714. The standard InChI is InChI=1S/C40H52N4P2/c1-39(2,3)33-7-6-28(34(22-33)40(45,37-41-8-4-9-42-37)38-43-10-5-11-44-38)23-46(35-29-14-24-12-25(16-29)17-30(35)15-24)36-31-18-26-13-27(20-31)21-32(36)19-26/h4-11,22,24-27,29-32,35-36H,12-21,23,45H2,1-3H3. The van der Waals surface area contributed by atoms with Gasteiger partial charge in [0.2, 0.25) is 0 Å². The van der Waals surface area contributed by atoms with Gasteiger partial charge in [0.05, 0.1) is 0 Å². The van der Waals surface area contributed by atoms with Gasteiger partial charge < -0.3 is 0 Å². The molecular formula is C40H52N4P2. The molecular weight excluding hydrogens is 598 g/mol. The van der Waals surface area contributed by atoms with E-state index in [0.29, 0.717) is 0 Å². The third kappa shape index (κ3) is 5.05. The van der Waals surface area contributed by atoms with Crippen molar-refractivity contribution in [2.24, 2.45) is 47.3 Å². The average molecular weight is 651 g/mol. The smallest absolute Gasteiger partial charge is 0.150 e. The predicted octanol–water partition coefficient (Wildman–Crippen LogP) is 9.36. The van der Waals surface area contributed by atoms with E-state index in [9.17, 15) is 0 Å². The Morgan fingerprint density at radius 1 is 0.630 bits per heavy atom. The summed E-state index contributed by atoms with van der Waals surface area (Å²) in [6.45, 7) is 7.01. The topological polar surface area (TPSA) is 51.6 Å². The van der Waals surface area contributed by atoms with Crippen molar-refractivity contribution in [1.82, 2.24) is 19.9 Å². The lowest BCUT2D eigenvalue weighted by Gasteiger charge is -2.62. The SMILES string of the molecule is CC(C)(C)c1ccc(CP(C2C3CC4CC(C3)CC2C4)C2C3CC4CC(C3)CC2C4)c(C(P)(c2ncccn2)c2ncccn2)c1. The minimum absolute atomic E-state index is 0.0293. The summed E-state index contributed by atoms with van der Waals surface area (Å²) in [5.41, 5.74) is 6.12. The molecule has 11 rings (SSSR count). The van der Waals surface area contributed by atoms with E-state index in [1.54, 1.807) is 0 Å². The van der Waals surface area contributed by atoms with Crippen LogP contribution in [0.15, 0.2) is 55.1 Å². The Hall–Kier alpha value is -1.76. The zero-order valence-corrected chi connectivity index (χ0v) is 30.1. The van der Waals surface area contributed by atoms with Crippen LogP contribution in [0, 0.1) is 47.3 Å². The van der Waals surface area contributed by atoms with Crippen LogP contribution in [0.4, 0.5) is 0 Å². The molecule has 2 aromatic heterocycles. The molecule has 1 aromatic carbocycles. The van der Waals surface area contributed by atoms with Gasteiger partial charge in [-0.3, -0.25) is 0 Å². The number of rotatable bonds is 7. The highest BCUT2D eigenvalue weighted by Crippen LogP contribution is 2.72. The molecule has 0 saturated heterocycles. The van der Waals surface area contributed by atoms with Crippen LogP contribution in [0.3, 0.4) is 0 Å². The monoisotopic (exact) mass is 650 g/mol. The average Bonchev–Trinajstić information content (AvgIpc) is 3.04. The van der Waals surface area contributed by atoms with Gasteiger partial charge in [-0.1, -0.05) is 46.9 Å². The van der Waals surface area contributed by atoms with Crippen molar-refractivity contribution in [3.05, 3.63) is 83.5 Å². The molecule has 8 saturated carbocycles. The van der Waals surface area contributed by atoms with Crippen LogP contribution in [0.25, 0.3) is 0 Å². The Balaban J connectivity index is 1.20. The summed E-state index contributed by atoms with van der Waals surface area (Å²) in [7, 11) is 3.04. The first-order valence-electron chi connectivity index (χ1n) is 18.5. The lowest BCUT2D eigenvalue weighted by molar-refractivity contribution is 0.0129. The van der Waals surface area contributed by atoms with Gasteiger partial charge >= 0.3 is 0 Å². The van der Waals surface area contributed by atoms with Crippen LogP contribution in [-0.2, 0) is 16.7 Å². The molecule has 0 aliphatic heterocycles. The fraction of sp³-hybridized carbons (Fsp3) is 0.650. The molecule has 8 fully saturated rings. The van der Waals surface area contributed by atoms with Crippen molar-refractivity contribution in [2.45, 2.75) is 113 Å². The molecule has 6 heteroatoms. The van der Waals surface area contributed by atoms with E-state index >= 15 is 0 Å². The van der Waals surface area contributed by atoms with Gasteiger partial charge in [-0.05, 0) is 163 Å². The summed E-state index contributed by atoms with van der Waals surface area (Å²) in [6, 6.07) is 11.3. The molecule has 2 heterocycles. The first kappa shape index (κ1) is 30.3. The Labute approximate surface area is 280 Å². The van der Waals surface area contributed by atoms with Gasteiger partial charge in [0.25, 0.3) is 0 Å². The number of benzene rings is 1. The molecule has 8 bridgehead atoms. The summed E-state index contributed by atoms with van der Waals surface area (Å²) in [6.07, 6.45) is 24.1. The van der Waals surface area contributed by atoms with Crippen molar-refractivity contribution in [3.8, 4) is 0 Å². The third-order valence-corrected chi connectivity index (χ3v) is 18.5. The number of nitrogens with zero attached hydrogens (tertiary/aromatic N) is 4. The van der Waals surface area contributed by atoms with Crippen molar-refractivity contribution < 1.29 is 0 Å². The van der Waals surface area contributed by atoms with Gasteiger partial charge in [-0.15, -0.1) is 9.24 Å². The van der Waals surface area contributed by atoms with E-state index < -0.39 is 5.16 Å². The highest BCUT2D eigenvalue weighted by atomic mass is 31.1. The molecule has 0 N–H and O–H groups in total. The van der Waals surface area contributed by atoms with E-state index in [2.05, 4.69) is 48.2 Å². The van der Waals surface area contributed by atoms with Crippen LogP contribution >= 0.6 is 17.2 Å². The molecule has 8 aliphatic rings. The summed E-state index contributed by atoms with van der Waals surface area (Å²) in [5, 5.41) is -0.714. The first-order valence-corrected chi connectivity index (χ1v) is 20.7. The van der Waals surface area contributed by atoms with Crippen molar-refractivity contribution in [2.75, 3.05) is 0 Å². The normalized spacial score (nSPS) is 36.7. The molecule has 0 radical (unpaired) electrons. The lowest BCUT2D eigenvalue weighted by atomic mass is 9.55. The third-order valence-electron chi connectivity index (χ3n) is 13.7. The van der Waals surface area contributed by atoms with E-state index in [-0.39, 0.29) is 13.3 Å². The molecule has 0 spiro atoms. The zero-order chi connectivity index (χ0) is 31.2. The summed E-state index contributed by atoms with van der Waals surface area (Å²) >= 11 is 0. The van der Waals surface area contributed by atoms with Crippen molar-refractivity contribution in [3.63, 3.8) is 0 Å². The molecule has 4 nitrogen and oxygen atoms in total. The Bertz CT molecular complexity index is 1430. The van der Waals surface area contributed by atoms with Gasteiger partial charge in [-0.25, -0.2) is 19.9 Å². The fourth-order valence-corrected chi connectivity index (χ4v) is 17.6. The molecule has 0 amide bonds. The highest BCUT2D eigenvalue weighted by molar-refractivity contribution is 7.58. The van der Waals surface area contributed by atoms with Crippen LogP contribution in [0.2, 0.25) is 0 Å². The van der Waals surface area contributed by atoms with Crippen molar-refractivity contribution in [1.29, 1.82) is 0 Å². The fourth-order valence-electron chi connectivity index (χ4n) is 12.4. The quantitative estimate of drug-likeness (QED) is 0.239. The van der Waals surface area contributed by atoms with Gasteiger partial charge in [0.15, 0.2) is 0 Å². The molecule has 3 aromatic rings. The van der Waals surface area contributed by atoms with Crippen molar-refractivity contribution >= 4 is 17.2 Å². The molecule has 1 unspecified atom stereocenters. The minimum Gasteiger partial charge on any atom is -0.240 e. The van der Waals surface area contributed by atoms with Crippen LogP contribution in [0.5, 0.6) is 0 Å². The highest BCUT2D eigenvalue weighted by Gasteiger charge is 2.57. The molecule has 46 heavy (non-hydrogen) atoms. The maximum atomic E-state index is 4.91. The summed E-state index contributed by atoms with van der Waals surface area (Å²) < 4.78 is 0. The Morgan fingerprint density at radius 2 is 1.04 bits per heavy atom. The Kier molecular flexibility index (Phi) is 7.52. The second-order valence-corrected chi connectivity index (χ2v) is 21.0. The zero-order valence-electron chi connectivity index (χ0n) is 28.1. The number of hydrogen-bond acceptors (Lipinski definition) is 4. The number of aromatic nitrogens is 4. The largest absolute Gasteiger partial charge is 0.240 e. The van der Waals surface area contributed by atoms with Crippen LogP contribution in [0.1, 0.15) is 113 Å². The van der Waals surface area contributed by atoms with Crippen LogP contribution < -0.4 is 0 Å². The molecule has 8 aliphatic carbocycles. The second-order valence-electron chi connectivity index (χ2n) is 17.6. The maximum absolute atomic E-state index is 4.91. The lowest BCUT2D eigenvalue weighted by Crippen LogP contribution is -2.52. The maximum Gasteiger partial charge on any atom is 0.150 e. The molecule has 242 valence electrons. The van der Waals surface area contributed by atoms with E-state index in [1.807, 2.05) is 36.9 Å². The molecule has 1 atom stereocenters. The van der Waals surface area contributed by atoms with E-state index in [4.69, 9.17) is 19.9 Å². The van der Waals surface area contributed by atoms with Gasteiger partial charge in [0.1, 0.15) is 16.8 Å². The predicted molar refractivity (Wildman–Crippen MR) is 191 cm³/mol. The Morgan fingerprint density at radius 3 is 1.43 bits per heavy atom. The first-order chi connectivity index (χ1) is 22.2. The van der Waals surface area contributed by atoms with Gasteiger partial charge in [0, 0.05) is 24.8 Å². The van der Waals surface area contributed by atoms with Gasteiger partial charge in [-0.2, -0.15) is 0 Å².